The number of hydrogen-bond donors (Lipinski definition) is 2. The largest absolute Gasteiger partial charge is 0.354 e. The minimum atomic E-state index is 0.413. The fraction of sp³-hybridized carbons (Fsp3) is 0.286. The number of anilines is 3. The summed E-state index contributed by atoms with van der Waals surface area (Å²) in [5, 5.41) is 7.60. The molecule has 2 aromatic rings. The third-order valence-corrected chi connectivity index (χ3v) is 3.69. The molecular formula is C14H15Cl3N4. The molecule has 2 rings (SSSR count). The van der Waals surface area contributed by atoms with Gasteiger partial charge in [0.2, 0.25) is 5.95 Å². The molecule has 4 nitrogen and oxygen atoms in total. The Balaban J connectivity index is 2.27. The first-order valence-corrected chi connectivity index (χ1v) is 7.64. The maximum absolute atomic E-state index is 6.15. The molecule has 0 aliphatic heterocycles. The van der Waals surface area contributed by atoms with Crippen molar-refractivity contribution in [3.63, 3.8) is 0 Å². The molecule has 1 aromatic carbocycles. The van der Waals surface area contributed by atoms with Crippen LogP contribution in [0, 0.1) is 6.92 Å². The molecule has 0 saturated carbocycles. The van der Waals surface area contributed by atoms with Crippen molar-refractivity contribution in [3.8, 4) is 0 Å². The molecule has 0 aliphatic rings. The van der Waals surface area contributed by atoms with Crippen molar-refractivity contribution in [2.45, 2.75) is 20.3 Å². The number of rotatable bonds is 5. The van der Waals surface area contributed by atoms with Gasteiger partial charge < -0.3 is 10.6 Å². The van der Waals surface area contributed by atoms with Crippen molar-refractivity contribution < 1.29 is 0 Å². The van der Waals surface area contributed by atoms with E-state index in [0.717, 1.165) is 18.7 Å². The van der Waals surface area contributed by atoms with Crippen molar-refractivity contribution in [3.05, 3.63) is 39.0 Å². The monoisotopic (exact) mass is 344 g/mol. The van der Waals surface area contributed by atoms with Crippen LogP contribution in [0.1, 0.15) is 19.0 Å². The highest BCUT2D eigenvalue weighted by Gasteiger charge is 2.08. The second-order valence-corrected chi connectivity index (χ2v) is 5.74. The highest BCUT2D eigenvalue weighted by molar-refractivity contribution is 6.44. The van der Waals surface area contributed by atoms with Crippen LogP contribution in [-0.4, -0.2) is 16.5 Å². The van der Waals surface area contributed by atoms with Gasteiger partial charge >= 0.3 is 0 Å². The summed E-state index contributed by atoms with van der Waals surface area (Å²) in [6.07, 6.45) is 0.999. The maximum atomic E-state index is 6.15. The van der Waals surface area contributed by atoms with Crippen LogP contribution in [-0.2, 0) is 0 Å². The zero-order valence-electron chi connectivity index (χ0n) is 11.7. The molecule has 21 heavy (non-hydrogen) atoms. The second kappa shape index (κ2) is 7.16. The van der Waals surface area contributed by atoms with E-state index in [0.29, 0.717) is 32.5 Å². The molecule has 0 spiro atoms. The van der Waals surface area contributed by atoms with Crippen LogP contribution < -0.4 is 10.6 Å². The Hall–Kier alpha value is -1.23. The van der Waals surface area contributed by atoms with E-state index in [9.17, 15) is 0 Å². The van der Waals surface area contributed by atoms with Gasteiger partial charge in [-0.1, -0.05) is 41.7 Å². The fourth-order valence-electron chi connectivity index (χ4n) is 1.70. The number of nitrogens with zero attached hydrogens (tertiary/aromatic N) is 2. The van der Waals surface area contributed by atoms with E-state index in [-0.39, 0.29) is 0 Å². The third kappa shape index (κ3) is 4.37. The number of aryl methyl sites for hydroxylation is 1. The Labute approximate surface area is 138 Å². The van der Waals surface area contributed by atoms with Crippen molar-refractivity contribution in [1.29, 1.82) is 0 Å². The number of aromatic nitrogens is 2. The van der Waals surface area contributed by atoms with E-state index in [2.05, 4.69) is 27.5 Å². The summed E-state index contributed by atoms with van der Waals surface area (Å²) in [5.41, 5.74) is 1.49. The molecule has 0 saturated heterocycles. The molecule has 0 aliphatic carbocycles. The number of benzene rings is 1. The van der Waals surface area contributed by atoms with Crippen LogP contribution in [0.2, 0.25) is 15.1 Å². The first-order chi connectivity index (χ1) is 9.99. The topological polar surface area (TPSA) is 49.8 Å². The normalized spacial score (nSPS) is 10.5. The van der Waals surface area contributed by atoms with E-state index >= 15 is 0 Å². The van der Waals surface area contributed by atoms with Crippen LogP contribution in [0.3, 0.4) is 0 Å². The minimum Gasteiger partial charge on any atom is -0.354 e. The summed E-state index contributed by atoms with van der Waals surface area (Å²) < 4.78 is 0. The minimum absolute atomic E-state index is 0.413. The van der Waals surface area contributed by atoms with Crippen molar-refractivity contribution in [1.82, 2.24) is 9.97 Å². The molecule has 0 amide bonds. The van der Waals surface area contributed by atoms with E-state index < -0.39 is 0 Å². The van der Waals surface area contributed by atoms with E-state index in [1.807, 2.05) is 13.0 Å². The van der Waals surface area contributed by atoms with Gasteiger partial charge in [-0.25, -0.2) is 4.98 Å². The van der Waals surface area contributed by atoms with Crippen LogP contribution in [0.15, 0.2) is 18.2 Å². The van der Waals surface area contributed by atoms with Gasteiger partial charge in [0.15, 0.2) is 0 Å². The zero-order valence-corrected chi connectivity index (χ0v) is 13.9. The van der Waals surface area contributed by atoms with Crippen molar-refractivity contribution >= 4 is 52.3 Å². The fourth-order valence-corrected chi connectivity index (χ4v) is 2.30. The molecule has 0 bridgehead atoms. The lowest BCUT2D eigenvalue weighted by atomic mass is 10.3. The summed E-state index contributed by atoms with van der Waals surface area (Å²) in [6.45, 7) is 4.80. The molecule has 0 radical (unpaired) electrons. The predicted octanol–water partition coefficient (Wildman–Crippen LogP) is 5.31. The first-order valence-electron chi connectivity index (χ1n) is 6.50. The zero-order chi connectivity index (χ0) is 15.4. The molecule has 1 heterocycles. The Bertz CT molecular complexity index is 646. The van der Waals surface area contributed by atoms with Gasteiger partial charge in [-0.2, -0.15) is 4.98 Å². The molecule has 0 unspecified atom stereocenters. The highest BCUT2D eigenvalue weighted by Crippen LogP contribution is 2.33. The van der Waals surface area contributed by atoms with Gasteiger partial charge in [-0.3, -0.25) is 0 Å². The smallest absolute Gasteiger partial charge is 0.224 e. The van der Waals surface area contributed by atoms with Crippen LogP contribution in [0.4, 0.5) is 17.5 Å². The third-order valence-electron chi connectivity index (χ3n) is 2.66. The van der Waals surface area contributed by atoms with Gasteiger partial charge in [-0.15, -0.1) is 0 Å². The number of nitrogens with one attached hydrogen (secondary N) is 2. The quantitative estimate of drug-likeness (QED) is 0.721. The van der Waals surface area contributed by atoms with Crippen molar-refractivity contribution in [2.75, 3.05) is 17.2 Å². The Morgan fingerprint density at radius 1 is 1.00 bits per heavy atom. The summed E-state index contributed by atoms with van der Waals surface area (Å²) in [7, 11) is 0. The number of hydrogen-bond acceptors (Lipinski definition) is 4. The molecular weight excluding hydrogens is 331 g/mol. The van der Waals surface area contributed by atoms with Gasteiger partial charge in [0.1, 0.15) is 5.82 Å². The van der Waals surface area contributed by atoms with Gasteiger partial charge in [0.25, 0.3) is 0 Å². The molecule has 112 valence electrons. The second-order valence-electron chi connectivity index (χ2n) is 4.52. The van der Waals surface area contributed by atoms with E-state index in [4.69, 9.17) is 34.8 Å². The maximum Gasteiger partial charge on any atom is 0.224 e. The van der Waals surface area contributed by atoms with E-state index in [1.54, 1.807) is 12.1 Å². The lowest BCUT2D eigenvalue weighted by molar-refractivity contribution is 0.947. The highest BCUT2D eigenvalue weighted by atomic mass is 35.5. The van der Waals surface area contributed by atoms with Gasteiger partial charge in [0.05, 0.1) is 20.8 Å². The molecule has 2 N–H and O–H groups in total. The molecule has 7 heteroatoms. The van der Waals surface area contributed by atoms with Crippen LogP contribution >= 0.6 is 34.8 Å². The van der Waals surface area contributed by atoms with Gasteiger partial charge in [0, 0.05) is 18.3 Å². The summed E-state index contributed by atoms with van der Waals surface area (Å²) >= 11 is 18.1. The van der Waals surface area contributed by atoms with Crippen LogP contribution in [0.25, 0.3) is 0 Å². The molecule has 0 atom stereocenters. The molecule has 1 aromatic heterocycles. The average molecular weight is 346 g/mol. The lowest BCUT2D eigenvalue weighted by Crippen LogP contribution is -2.07. The van der Waals surface area contributed by atoms with E-state index in [1.165, 1.54) is 0 Å². The Kier molecular flexibility index (Phi) is 5.51. The first kappa shape index (κ1) is 16.1. The molecule has 0 fully saturated rings. The Morgan fingerprint density at radius 2 is 1.71 bits per heavy atom. The number of halogens is 3. The summed E-state index contributed by atoms with van der Waals surface area (Å²) in [6, 6.07) is 5.09. The van der Waals surface area contributed by atoms with Crippen LogP contribution in [0.5, 0.6) is 0 Å². The summed E-state index contributed by atoms with van der Waals surface area (Å²) in [4.78, 5) is 8.72. The van der Waals surface area contributed by atoms with Crippen molar-refractivity contribution in [2.24, 2.45) is 0 Å². The van der Waals surface area contributed by atoms with Gasteiger partial charge in [-0.05, 0) is 25.5 Å². The predicted molar refractivity (Wildman–Crippen MR) is 90.3 cm³/mol. The SMILES string of the molecule is CCCNc1nc(C)cc(Nc2cc(Cl)c(Cl)cc2Cl)n1. The summed E-state index contributed by atoms with van der Waals surface area (Å²) in [5.74, 6) is 1.22. The Morgan fingerprint density at radius 3 is 2.43 bits per heavy atom. The lowest BCUT2D eigenvalue weighted by Gasteiger charge is -2.11. The average Bonchev–Trinajstić information content (AvgIpc) is 2.42. The standard InChI is InChI=1S/C14H15Cl3N4/c1-3-4-18-14-19-8(2)5-13(21-14)20-12-7-10(16)9(15)6-11(12)17/h5-7H,3-4H2,1-2H3,(H2,18,19,20,21).